The van der Waals surface area contributed by atoms with Gasteiger partial charge < -0.3 is 5.11 Å². The molecule has 2 aliphatic heterocycles. The summed E-state index contributed by atoms with van der Waals surface area (Å²) in [6.07, 6.45) is 1.87. The third-order valence-electron chi connectivity index (χ3n) is 2.26. The smallest absolute Gasteiger partial charge is 0.336 e. The van der Waals surface area contributed by atoms with Crippen LogP contribution >= 0.6 is 0 Å². The average molecular weight is 162 g/mol. The number of aromatic carboxylic acids is 1. The van der Waals surface area contributed by atoms with Gasteiger partial charge in [-0.15, -0.1) is 0 Å². The van der Waals surface area contributed by atoms with Crippen LogP contribution in [-0.2, 0) is 6.67 Å². The average Bonchev–Trinajstić information content (AvgIpc) is 2.54. The van der Waals surface area contributed by atoms with E-state index in [1.807, 2.05) is 21.6 Å². The Morgan fingerprint density at radius 2 is 2.33 bits per heavy atom. The van der Waals surface area contributed by atoms with Gasteiger partial charge in [0.2, 0.25) is 0 Å². The number of nitrogens with zero attached hydrogens (tertiary/aromatic N) is 2. The zero-order valence-electron chi connectivity index (χ0n) is 6.19. The maximum absolute atomic E-state index is 10.7. The third-order valence-corrected chi connectivity index (χ3v) is 2.26. The van der Waals surface area contributed by atoms with Crippen LogP contribution in [0.5, 0.6) is 0 Å². The first-order chi connectivity index (χ1) is 5.77. The number of carboxylic acid groups (broad SMARTS) is 1. The molecule has 12 heavy (non-hydrogen) atoms. The topological polar surface area (TPSA) is 47.2 Å². The molecule has 2 heterocycles. The van der Waals surface area contributed by atoms with Crippen LogP contribution in [0.1, 0.15) is 10.4 Å². The lowest BCUT2D eigenvalue weighted by Crippen LogP contribution is -1.94. The van der Waals surface area contributed by atoms with Crippen LogP contribution in [0, 0.1) is 0 Å². The van der Waals surface area contributed by atoms with Crippen LogP contribution in [-0.4, -0.2) is 20.4 Å². The van der Waals surface area contributed by atoms with Crippen molar-refractivity contribution in [1.29, 1.82) is 0 Å². The van der Waals surface area contributed by atoms with Gasteiger partial charge in [-0.2, -0.15) is 0 Å². The summed E-state index contributed by atoms with van der Waals surface area (Å²) in [6.45, 7) is 0.899. The molecule has 0 amide bonds. The molecule has 0 aromatic carbocycles. The van der Waals surface area contributed by atoms with Gasteiger partial charge >= 0.3 is 5.97 Å². The predicted molar refractivity (Wildman–Crippen MR) is 41.4 cm³/mol. The van der Waals surface area contributed by atoms with E-state index >= 15 is 0 Å². The van der Waals surface area contributed by atoms with Crippen LogP contribution in [0.2, 0.25) is 0 Å². The van der Waals surface area contributed by atoms with Crippen molar-refractivity contribution in [2.45, 2.75) is 6.67 Å². The van der Waals surface area contributed by atoms with Gasteiger partial charge in [0, 0.05) is 11.8 Å². The largest absolute Gasteiger partial charge is 0.478 e. The Hall–Kier alpha value is -1.71. The summed E-state index contributed by atoms with van der Waals surface area (Å²) in [5, 5.41) is 8.78. The first-order valence-corrected chi connectivity index (χ1v) is 3.69. The van der Waals surface area contributed by atoms with E-state index in [2.05, 4.69) is 0 Å². The Kier molecular flexibility index (Phi) is 0.760. The fourth-order valence-corrected chi connectivity index (χ4v) is 1.61. The van der Waals surface area contributed by atoms with Gasteiger partial charge in [0.05, 0.1) is 11.3 Å². The van der Waals surface area contributed by atoms with E-state index in [1.165, 1.54) is 0 Å². The number of hydrogen-bond acceptors (Lipinski definition) is 1. The molecule has 0 radical (unpaired) electrons. The normalized spacial score (nSPS) is 13.3. The van der Waals surface area contributed by atoms with Crippen molar-refractivity contribution >= 4 is 5.97 Å². The van der Waals surface area contributed by atoms with Crippen molar-refractivity contribution in [2.24, 2.45) is 0 Å². The van der Waals surface area contributed by atoms with Crippen molar-refractivity contribution in [2.75, 3.05) is 0 Å². The number of carboxylic acids is 1. The second-order valence-corrected chi connectivity index (χ2v) is 2.96. The first kappa shape index (κ1) is 5.88. The Balaban J connectivity index is 2.31. The number of fused-ring (bicyclic) bond motifs is 3. The molecule has 1 aliphatic carbocycles. The number of carbonyl (C=O) groups is 1. The molecule has 60 valence electrons. The molecule has 0 saturated heterocycles. The number of rotatable bonds is 1. The lowest BCUT2D eigenvalue weighted by Gasteiger charge is -1.91. The van der Waals surface area contributed by atoms with E-state index in [9.17, 15) is 4.79 Å². The molecule has 3 aliphatic rings. The maximum atomic E-state index is 10.7. The highest BCUT2D eigenvalue weighted by Crippen LogP contribution is 2.33. The molecule has 0 aromatic heterocycles. The molecule has 4 nitrogen and oxygen atoms in total. The molecule has 0 unspecified atom stereocenters. The van der Waals surface area contributed by atoms with Crippen molar-refractivity contribution in [3.05, 3.63) is 23.9 Å². The minimum absolute atomic E-state index is 0.400. The molecular weight excluding hydrogens is 156 g/mol. The standard InChI is InChI=1S/C8H6N2O2/c11-8(12)5-1-2-7-6(5)3-9-4-10(7)9/h1-3H,4H2,(H,11,12). The highest BCUT2D eigenvalue weighted by Gasteiger charge is 2.27. The molecule has 0 aromatic rings. The second kappa shape index (κ2) is 1.55. The van der Waals surface area contributed by atoms with E-state index in [-0.39, 0.29) is 0 Å². The van der Waals surface area contributed by atoms with Gasteiger partial charge in [0.25, 0.3) is 0 Å². The SMILES string of the molecule is O=C(O)c1ccc2n3n(cc1-2)C3. The van der Waals surface area contributed by atoms with Crippen LogP contribution in [0.4, 0.5) is 0 Å². The molecule has 0 fully saturated rings. The second-order valence-electron chi connectivity index (χ2n) is 2.96. The van der Waals surface area contributed by atoms with Gasteiger partial charge in [-0.3, -0.25) is 9.36 Å². The van der Waals surface area contributed by atoms with Gasteiger partial charge in [0.1, 0.15) is 6.67 Å². The number of aromatic nitrogens is 2. The Morgan fingerprint density at radius 3 is 3.08 bits per heavy atom. The van der Waals surface area contributed by atoms with Crippen molar-refractivity contribution < 1.29 is 9.90 Å². The zero-order valence-corrected chi connectivity index (χ0v) is 6.19. The summed E-state index contributed by atoms with van der Waals surface area (Å²) < 4.78 is 4.01. The van der Waals surface area contributed by atoms with Crippen LogP contribution in [0.15, 0.2) is 18.3 Å². The summed E-state index contributed by atoms with van der Waals surface area (Å²) in [7, 11) is 0. The van der Waals surface area contributed by atoms with E-state index in [0.717, 1.165) is 17.9 Å². The molecular formula is C8H6N2O2. The molecule has 0 atom stereocenters. The Labute approximate surface area is 68.0 Å². The van der Waals surface area contributed by atoms with Crippen molar-refractivity contribution in [3.8, 4) is 11.3 Å². The van der Waals surface area contributed by atoms with Crippen LogP contribution < -0.4 is 0 Å². The Morgan fingerprint density at radius 1 is 1.50 bits per heavy atom. The summed E-state index contributed by atoms with van der Waals surface area (Å²) >= 11 is 0. The molecule has 3 rings (SSSR count). The van der Waals surface area contributed by atoms with Crippen LogP contribution in [0.3, 0.4) is 0 Å². The lowest BCUT2D eigenvalue weighted by molar-refractivity contribution is 0.0698. The zero-order chi connectivity index (χ0) is 8.29. The van der Waals surface area contributed by atoms with Crippen molar-refractivity contribution in [3.63, 3.8) is 0 Å². The van der Waals surface area contributed by atoms with Crippen molar-refractivity contribution in [1.82, 2.24) is 9.36 Å². The summed E-state index contributed by atoms with van der Waals surface area (Å²) in [5.74, 6) is -0.851. The fraction of sp³-hybridized carbons (Fsp3) is 0.125. The van der Waals surface area contributed by atoms with E-state index in [1.54, 1.807) is 6.07 Å². The Bertz CT molecular complexity index is 452. The molecule has 0 spiro atoms. The lowest BCUT2D eigenvalue weighted by atomic mass is 10.2. The van der Waals surface area contributed by atoms with Gasteiger partial charge in [-0.05, 0) is 12.1 Å². The monoisotopic (exact) mass is 162 g/mol. The summed E-state index contributed by atoms with van der Waals surface area (Å²) in [6, 6.07) is 3.50. The number of hydrogen-bond donors (Lipinski definition) is 1. The first-order valence-electron chi connectivity index (χ1n) is 3.69. The quantitative estimate of drug-likeness (QED) is 0.578. The molecule has 4 heteroatoms. The summed E-state index contributed by atoms with van der Waals surface area (Å²) in [5.41, 5.74) is 2.26. The van der Waals surface area contributed by atoms with Crippen LogP contribution in [0.25, 0.3) is 11.3 Å². The highest BCUT2D eigenvalue weighted by atomic mass is 16.4. The van der Waals surface area contributed by atoms with E-state index in [4.69, 9.17) is 5.11 Å². The molecule has 0 saturated carbocycles. The maximum Gasteiger partial charge on any atom is 0.336 e. The minimum Gasteiger partial charge on any atom is -0.478 e. The predicted octanol–water partition coefficient (Wildman–Crippen LogP) is 0.912. The van der Waals surface area contributed by atoms with Gasteiger partial charge in [-0.25, -0.2) is 4.79 Å². The molecule has 0 bridgehead atoms. The van der Waals surface area contributed by atoms with Gasteiger partial charge in [-0.1, -0.05) is 0 Å². The summed E-state index contributed by atoms with van der Waals surface area (Å²) in [4.78, 5) is 10.7. The highest BCUT2D eigenvalue weighted by molar-refractivity contribution is 5.97. The van der Waals surface area contributed by atoms with Gasteiger partial charge in [0.15, 0.2) is 0 Å². The van der Waals surface area contributed by atoms with E-state index < -0.39 is 5.97 Å². The fourth-order valence-electron chi connectivity index (χ4n) is 1.61. The molecule has 1 N–H and O–H groups in total. The van der Waals surface area contributed by atoms with E-state index in [0.29, 0.717) is 5.56 Å². The minimum atomic E-state index is -0.851. The third kappa shape index (κ3) is 0.514.